The maximum atomic E-state index is 5.26. The quantitative estimate of drug-likeness (QED) is 0.770. The number of hydrogen-bond donors (Lipinski definition) is 1. The zero-order chi connectivity index (χ0) is 14.5. The molecule has 19 heavy (non-hydrogen) atoms. The second-order valence-corrected chi connectivity index (χ2v) is 6.51. The molecule has 0 aromatic rings. The van der Waals surface area contributed by atoms with E-state index in [1.54, 1.807) is 7.11 Å². The van der Waals surface area contributed by atoms with Crippen LogP contribution in [0.4, 0.5) is 0 Å². The molecule has 4 unspecified atom stereocenters. The van der Waals surface area contributed by atoms with Crippen LogP contribution in [0.25, 0.3) is 0 Å². The molecule has 3 nitrogen and oxygen atoms in total. The molecule has 0 spiro atoms. The Hall–Kier alpha value is -0.120. The van der Waals surface area contributed by atoms with E-state index in [4.69, 9.17) is 4.74 Å². The number of nitrogens with one attached hydrogen (secondary N) is 1. The summed E-state index contributed by atoms with van der Waals surface area (Å²) in [5.41, 5.74) is 0.289. The fraction of sp³-hybridized carbons (Fsp3) is 1.00. The van der Waals surface area contributed by atoms with Crippen molar-refractivity contribution in [1.82, 2.24) is 10.2 Å². The standard InChI is InChI=1S/C16H34N2O/c1-7-13(3)15-11-18(14(4)9-10-19-6)16(5,8-2)12-17-15/h13-15,17H,7-12H2,1-6H3. The SMILES string of the molecule is CCC(C)C1CN(C(C)CCOC)C(C)(CC)CN1. The van der Waals surface area contributed by atoms with Gasteiger partial charge in [-0.15, -0.1) is 0 Å². The van der Waals surface area contributed by atoms with Crippen LogP contribution >= 0.6 is 0 Å². The second-order valence-electron chi connectivity index (χ2n) is 6.51. The molecule has 1 aliphatic heterocycles. The highest BCUT2D eigenvalue weighted by Crippen LogP contribution is 2.28. The maximum absolute atomic E-state index is 5.26. The number of hydrogen-bond acceptors (Lipinski definition) is 3. The highest BCUT2D eigenvalue weighted by Gasteiger charge is 2.39. The van der Waals surface area contributed by atoms with Crippen LogP contribution in [0.15, 0.2) is 0 Å². The lowest BCUT2D eigenvalue weighted by Crippen LogP contribution is -2.66. The van der Waals surface area contributed by atoms with Crippen molar-refractivity contribution in [3.05, 3.63) is 0 Å². The van der Waals surface area contributed by atoms with Gasteiger partial charge >= 0.3 is 0 Å². The first kappa shape index (κ1) is 16.9. The van der Waals surface area contributed by atoms with E-state index in [-0.39, 0.29) is 5.54 Å². The van der Waals surface area contributed by atoms with Crippen LogP contribution in [0.2, 0.25) is 0 Å². The van der Waals surface area contributed by atoms with E-state index in [9.17, 15) is 0 Å². The zero-order valence-corrected chi connectivity index (χ0v) is 13.8. The van der Waals surface area contributed by atoms with E-state index in [2.05, 4.69) is 44.8 Å². The van der Waals surface area contributed by atoms with Crippen LogP contribution in [-0.4, -0.2) is 49.3 Å². The number of methoxy groups -OCH3 is 1. The van der Waals surface area contributed by atoms with Crippen molar-refractivity contribution in [2.24, 2.45) is 5.92 Å². The second kappa shape index (κ2) is 7.61. The number of ether oxygens (including phenoxy) is 1. The first-order chi connectivity index (χ1) is 8.98. The predicted octanol–water partition coefficient (Wildman–Crippen LogP) is 2.90. The smallest absolute Gasteiger partial charge is 0.0477 e. The molecule has 1 rings (SSSR count). The summed E-state index contributed by atoms with van der Waals surface area (Å²) in [7, 11) is 1.80. The molecule has 0 radical (unpaired) electrons. The molecule has 0 aromatic carbocycles. The highest BCUT2D eigenvalue weighted by molar-refractivity contribution is 4.98. The zero-order valence-electron chi connectivity index (χ0n) is 13.8. The molecule has 0 aromatic heterocycles. The van der Waals surface area contributed by atoms with Crippen LogP contribution in [-0.2, 0) is 4.74 Å². The summed E-state index contributed by atoms with van der Waals surface area (Å²) in [5.74, 6) is 0.749. The summed E-state index contributed by atoms with van der Waals surface area (Å²) in [5, 5.41) is 3.78. The minimum atomic E-state index is 0.289. The lowest BCUT2D eigenvalue weighted by molar-refractivity contribution is -0.00352. The van der Waals surface area contributed by atoms with Crippen LogP contribution in [0.3, 0.4) is 0 Å². The van der Waals surface area contributed by atoms with E-state index in [1.807, 2.05) is 0 Å². The van der Waals surface area contributed by atoms with Crippen molar-refractivity contribution < 1.29 is 4.74 Å². The Kier molecular flexibility index (Phi) is 6.78. The molecule has 1 fully saturated rings. The van der Waals surface area contributed by atoms with Gasteiger partial charge in [0.05, 0.1) is 0 Å². The summed E-state index contributed by atoms with van der Waals surface area (Å²) < 4.78 is 5.26. The molecule has 1 N–H and O–H groups in total. The van der Waals surface area contributed by atoms with Gasteiger partial charge in [0.1, 0.15) is 0 Å². The van der Waals surface area contributed by atoms with Gasteiger partial charge in [0, 0.05) is 44.4 Å². The molecular formula is C16H34N2O. The van der Waals surface area contributed by atoms with E-state index >= 15 is 0 Å². The van der Waals surface area contributed by atoms with Gasteiger partial charge in [0.25, 0.3) is 0 Å². The molecule has 3 heteroatoms. The third kappa shape index (κ3) is 4.17. The van der Waals surface area contributed by atoms with Crippen molar-refractivity contribution in [3.63, 3.8) is 0 Å². The fourth-order valence-electron chi connectivity index (χ4n) is 3.10. The molecule has 0 saturated carbocycles. The predicted molar refractivity (Wildman–Crippen MR) is 82.6 cm³/mol. The van der Waals surface area contributed by atoms with Gasteiger partial charge < -0.3 is 10.1 Å². The Morgan fingerprint density at radius 1 is 1.37 bits per heavy atom. The van der Waals surface area contributed by atoms with E-state index in [1.165, 1.54) is 19.4 Å². The van der Waals surface area contributed by atoms with Gasteiger partial charge in [0.15, 0.2) is 0 Å². The fourth-order valence-corrected chi connectivity index (χ4v) is 3.10. The average molecular weight is 270 g/mol. The van der Waals surface area contributed by atoms with Crippen molar-refractivity contribution in [3.8, 4) is 0 Å². The monoisotopic (exact) mass is 270 g/mol. The Labute approximate surface area is 120 Å². The van der Waals surface area contributed by atoms with Crippen molar-refractivity contribution in [1.29, 1.82) is 0 Å². The minimum absolute atomic E-state index is 0.289. The molecule has 1 saturated heterocycles. The molecular weight excluding hydrogens is 236 g/mol. The third-order valence-corrected chi connectivity index (χ3v) is 5.20. The topological polar surface area (TPSA) is 24.5 Å². The number of rotatable bonds is 7. The number of nitrogens with zero attached hydrogens (tertiary/aromatic N) is 1. The molecule has 114 valence electrons. The van der Waals surface area contributed by atoms with Crippen LogP contribution in [0, 0.1) is 5.92 Å². The lowest BCUT2D eigenvalue weighted by Gasteiger charge is -2.52. The van der Waals surface area contributed by atoms with Gasteiger partial charge in [-0.2, -0.15) is 0 Å². The van der Waals surface area contributed by atoms with Gasteiger partial charge in [-0.1, -0.05) is 27.2 Å². The molecule has 0 amide bonds. The summed E-state index contributed by atoms with van der Waals surface area (Å²) in [6, 6.07) is 1.23. The summed E-state index contributed by atoms with van der Waals surface area (Å²) >= 11 is 0. The Morgan fingerprint density at radius 2 is 2.05 bits per heavy atom. The number of piperazine rings is 1. The largest absolute Gasteiger partial charge is 0.385 e. The van der Waals surface area contributed by atoms with Gasteiger partial charge in [0.2, 0.25) is 0 Å². The third-order valence-electron chi connectivity index (χ3n) is 5.20. The molecule has 0 aliphatic carbocycles. The van der Waals surface area contributed by atoms with E-state index in [0.717, 1.165) is 25.5 Å². The Bertz CT molecular complexity index is 259. The van der Waals surface area contributed by atoms with Crippen molar-refractivity contribution in [2.75, 3.05) is 26.8 Å². The Morgan fingerprint density at radius 3 is 2.58 bits per heavy atom. The normalized spacial score (nSPS) is 32.2. The molecule has 4 atom stereocenters. The molecule has 1 heterocycles. The Balaban J connectivity index is 2.73. The minimum Gasteiger partial charge on any atom is -0.385 e. The van der Waals surface area contributed by atoms with Crippen molar-refractivity contribution in [2.45, 2.75) is 71.5 Å². The van der Waals surface area contributed by atoms with Crippen molar-refractivity contribution >= 4 is 0 Å². The van der Waals surface area contributed by atoms with Gasteiger partial charge in [-0.3, -0.25) is 4.90 Å². The first-order valence-electron chi connectivity index (χ1n) is 7.97. The first-order valence-corrected chi connectivity index (χ1v) is 7.97. The van der Waals surface area contributed by atoms with Gasteiger partial charge in [-0.25, -0.2) is 0 Å². The lowest BCUT2D eigenvalue weighted by atomic mass is 9.86. The van der Waals surface area contributed by atoms with Crippen LogP contribution < -0.4 is 5.32 Å². The summed E-state index contributed by atoms with van der Waals surface area (Å²) in [6.07, 6.45) is 3.57. The molecule has 0 bridgehead atoms. The summed E-state index contributed by atoms with van der Waals surface area (Å²) in [4.78, 5) is 2.72. The highest BCUT2D eigenvalue weighted by atomic mass is 16.5. The molecule has 1 aliphatic rings. The van der Waals surface area contributed by atoms with Gasteiger partial charge in [-0.05, 0) is 32.6 Å². The van der Waals surface area contributed by atoms with Crippen LogP contribution in [0.1, 0.15) is 53.9 Å². The average Bonchev–Trinajstić information content (AvgIpc) is 2.44. The maximum Gasteiger partial charge on any atom is 0.0477 e. The van der Waals surface area contributed by atoms with Crippen LogP contribution in [0.5, 0.6) is 0 Å². The summed E-state index contributed by atoms with van der Waals surface area (Å²) in [6.45, 7) is 14.9. The van der Waals surface area contributed by atoms with E-state index < -0.39 is 0 Å². The van der Waals surface area contributed by atoms with E-state index in [0.29, 0.717) is 12.1 Å².